The maximum Gasteiger partial charge on any atom is 0.235 e. The van der Waals surface area contributed by atoms with Gasteiger partial charge in [-0.15, -0.1) is 21.5 Å². The Morgan fingerprint density at radius 2 is 1.93 bits per heavy atom. The number of benzene rings is 2. The minimum absolute atomic E-state index is 0.0284. The fraction of sp³-hybridized carbons (Fsp3) is 0.238. The van der Waals surface area contributed by atoms with Gasteiger partial charge in [-0.3, -0.25) is 4.79 Å². The third kappa shape index (κ3) is 3.75. The summed E-state index contributed by atoms with van der Waals surface area (Å²) in [7, 11) is 0. The molecular formula is C21H17FN4O2S. The predicted octanol–water partition coefficient (Wildman–Crippen LogP) is 4.10. The molecule has 6 nitrogen and oxygen atoms in total. The Morgan fingerprint density at radius 1 is 1.14 bits per heavy atom. The van der Waals surface area contributed by atoms with E-state index in [0.717, 1.165) is 18.4 Å². The third-order valence-electron chi connectivity index (χ3n) is 4.80. The van der Waals surface area contributed by atoms with Crippen molar-refractivity contribution < 1.29 is 13.6 Å². The van der Waals surface area contributed by atoms with Gasteiger partial charge in [-0.05, 0) is 30.5 Å². The Morgan fingerprint density at radius 3 is 2.72 bits per heavy atom. The first kappa shape index (κ1) is 17.9. The fourth-order valence-electron chi connectivity index (χ4n) is 3.14. The molecule has 2 heterocycles. The average molecular weight is 408 g/mol. The van der Waals surface area contributed by atoms with E-state index >= 15 is 4.39 Å². The number of carbonyl (C=O) groups excluding carboxylic acids is 1. The van der Waals surface area contributed by atoms with Crippen LogP contribution in [0.5, 0.6) is 0 Å². The number of hydrogen-bond acceptors (Lipinski definition) is 6. The molecule has 29 heavy (non-hydrogen) atoms. The number of nitrogens with one attached hydrogen (secondary N) is 1. The Kier molecular flexibility index (Phi) is 4.55. The second kappa shape index (κ2) is 7.36. The second-order valence-electron chi connectivity index (χ2n) is 7.01. The molecule has 146 valence electrons. The predicted molar refractivity (Wildman–Crippen MR) is 107 cm³/mol. The van der Waals surface area contributed by atoms with Gasteiger partial charge in [-0.1, -0.05) is 30.3 Å². The van der Waals surface area contributed by atoms with Crippen LogP contribution in [-0.2, 0) is 17.8 Å². The normalized spacial score (nSPS) is 13.7. The number of rotatable bonds is 6. The van der Waals surface area contributed by atoms with E-state index in [9.17, 15) is 4.79 Å². The fourth-order valence-corrected chi connectivity index (χ4v) is 4.13. The molecule has 0 saturated heterocycles. The maximum atomic E-state index is 15.0. The lowest BCUT2D eigenvalue weighted by Crippen LogP contribution is -2.24. The SMILES string of the molecule is O=C(NCc1nnc(Cc2nc3ccc(-c4ccccc4)c(F)c3s2)o1)C1CC1. The standard InChI is InChI=1S/C21H17FN4O2S/c22-19-14(12-4-2-1-3-5-12)8-9-15-20(19)29-18(24-15)10-16-25-26-17(28-16)11-23-21(27)13-6-7-13/h1-5,8-9,13H,6-7,10-11H2,(H,23,27). The summed E-state index contributed by atoms with van der Waals surface area (Å²) in [5, 5.41) is 11.5. The van der Waals surface area contributed by atoms with Gasteiger partial charge in [0, 0.05) is 11.5 Å². The maximum absolute atomic E-state index is 15.0. The van der Waals surface area contributed by atoms with E-state index < -0.39 is 0 Å². The first-order chi connectivity index (χ1) is 14.2. The number of thiazole rings is 1. The second-order valence-corrected chi connectivity index (χ2v) is 8.09. The molecule has 0 radical (unpaired) electrons. The summed E-state index contributed by atoms with van der Waals surface area (Å²) in [6.45, 7) is 0.219. The molecular weight excluding hydrogens is 391 g/mol. The Bertz CT molecular complexity index is 1180. The summed E-state index contributed by atoms with van der Waals surface area (Å²) in [4.78, 5) is 16.2. The smallest absolute Gasteiger partial charge is 0.235 e. The van der Waals surface area contributed by atoms with Crippen LogP contribution in [0.25, 0.3) is 21.3 Å². The van der Waals surface area contributed by atoms with E-state index in [1.54, 1.807) is 6.07 Å². The molecule has 0 aliphatic heterocycles. The lowest BCUT2D eigenvalue weighted by atomic mass is 10.1. The van der Waals surface area contributed by atoms with Gasteiger partial charge in [0.05, 0.1) is 23.2 Å². The molecule has 1 aliphatic rings. The Balaban J connectivity index is 1.33. The quantitative estimate of drug-likeness (QED) is 0.519. The molecule has 0 unspecified atom stereocenters. The van der Waals surface area contributed by atoms with Crippen molar-refractivity contribution in [1.82, 2.24) is 20.5 Å². The largest absolute Gasteiger partial charge is 0.423 e. The van der Waals surface area contributed by atoms with Crippen molar-refractivity contribution in [3.05, 3.63) is 65.1 Å². The monoisotopic (exact) mass is 408 g/mol. The van der Waals surface area contributed by atoms with Crippen LogP contribution in [0.1, 0.15) is 29.6 Å². The third-order valence-corrected chi connectivity index (χ3v) is 5.86. The van der Waals surface area contributed by atoms with Crippen molar-refractivity contribution in [2.45, 2.75) is 25.8 Å². The molecule has 0 atom stereocenters. The zero-order valence-corrected chi connectivity index (χ0v) is 16.2. The molecule has 1 amide bonds. The van der Waals surface area contributed by atoms with Gasteiger partial charge in [0.2, 0.25) is 17.7 Å². The van der Waals surface area contributed by atoms with Gasteiger partial charge in [-0.25, -0.2) is 9.37 Å². The number of carbonyl (C=O) groups is 1. The molecule has 5 rings (SSSR count). The number of aromatic nitrogens is 3. The Labute approximate surface area is 169 Å². The highest BCUT2D eigenvalue weighted by atomic mass is 32.1. The first-order valence-corrected chi connectivity index (χ1v) is 10.2. The lowest BCUT2D eigenvalue weighted by molar-refractivity contribution is -0.122. The molecule has 4 aromatic rings. The van der Waals surface area contributed by atoms with Gasteiger partial charge >= 0.3 is 0 Å². The summed E-state index contributed by atoms with van der Waals surface area (Å²) in [6, 6.07) is 13.0. The molecule has 2 aromatic heterocycles. The summed E-state index contributed by atoms with van der Waals surface area (Å²) < 4.78 is 21.1. The number of halogens is 1. The van der Waals surface area contributed by atoms with Crippen molar-refractivity contribution in [3.8, 4) is 11.1 Å². The van der Waals surface area contributed by atoms with Gasteiger partial charge in [0.15, 0.2) is 0 Å². The van der Waals surface area contributed by atoms with Crippen LogP contribution in [0.15, 0.2) is 46.9 Å². The summed E-state index contributed by atoms with van der Waals surface area (Å²) in [5.41, 5.74) is 2.00. The highest BCUT2D eigenvalue weighted by Gasteiger charge is 2.29. The van der Waals surface area contributed by atoms with Gasteiger partial charge < -0.3 is 9.73 Å². The van der Waals surface area contributed by atoms with Crippen LogP contribution in [0.4, 0.5) is 4.39 Å². The van der Waals surface area contributed by atoms with Crippen LogP contribution < -0.4 is 5.32 Å². The van der Waals surface area contributed by atoms with E-state index in [1.807, 2.05) is 36.4 Å². The molecule has 1 fully saturated rings. The number of nitrogens with zero attached hydrogens (tertiary/aromatic N) is 3. The average Bonchev–Trinajstić information content (AvgIpc) is 3.36. The molecule has 8 heteroatoms. The Hall–Kier alpha value is -3.13. The van der Waals surface area contributed by atoms with E-state index in [1.165, 1.54) is 11.3 Å². The molecule has 1 aliphatic carbocycles. The molecule has 0 bridgehead atoms. The van der Waals surface area contributed by atoms with Gasteiger partial charge in [0.1, 0.15) is 10.8 Å². The molecule has 0 spiro atoms. The van der Waals surface area contributed by atoms with E-state index in [0.29, 0.717) is 39.0 Å². The zero-order valence-electron chi connectivity index (χ0n) is 15.4. The molecule has 1 N–H and O–H groups in total. The zero-order chi connectivity index (χ0) is 19.8. The lowest BCUT2D eigenvalue weighted by Gasteiger charge is -2.03. The van der Waals surface area contributed by atoms with Gasteiger partial charge in [0.25, 0.3) is 0 Å². The summed E-state index contributed by atoms with van der Waals surface area (Å²) >= 11 is 1.28. The highest BCUT2D eigenvalue weighted by Crippen LogP contribution is 2.33. The van der Waals surface area contributed by atoms with Crippen molar-refractivity contribution in [3.63, 3.8) is 0 Å². The van der Waals surface area contributed by atoms with E-state index in [2.05, 4.69) is 20.5 Å². The molecule has 1 saturated carbocycles. The van der Waals surface area contributed by atoms with Crippen LogP contribution in [0.2, 0.25) is 0 Å². The minimum Gasteiger partial charge on any atom is -0.423 e. The van der Waals surface area contributed by atoms with Crippen molar-refractivity contribution in [1.29, 1.82) is 0 Å². The first-order valence-electron chi connectivity index (χ1n) is 9.39. The van der Waals surface area contributed by atoms with Crippen molar-refractivity contribution in [2.24, 2.45) is 5.92 Å². The van der Waals surface area contributed by atoms with Crippen LogP contribution >= 0.6 is 11.3 Å². The highest BCUT2D eigenvalue weighted by molar-refractivity contribution is 7.18. The van der Waals surface area contributed by atoms with E-state index in [-0.39, 0.29) is 24.2 Å². The topological polar surface area (TPSA) is 80.9 Å². The summed E-state index contributed by atoms with van der Waals surface area (Å²) in [6.07, 6.45) is 2.21. The van der Waals surface area contributed by atoms with Crippen LogP contribution in [0, 0.1) is 11.7 Å². The number of hydrogen-bond donors (Lipinski definition) is 1. The molecule has 2 aromatic carbocycles. The summed E-state index contributed by atoms with van der Waals surface area (Å²) in [5.74, 6) is 0.638. The number of amides is 1. The minimum atomic E-state index is -0.272. The van der Waals surface area contributed by atoms with Crippen LogP contribution in [-0.4, -0.2) is 21.1 Å². The van der Waals surface area contributed by atoms with E-state index in [4.69, 9.17) is 4.42 Å². The van der Waals surface area contributed by atoms with Crippen LogP contribution in [0.3, 0.4) is 0 Å². The van der Waals surface area contributed by atoms with Gasteiger partial charge in [-0.2, -0.15) is 0 Å². The van der Waals surface area contributed by atoms with Crippen molar-refractivity contribution in [2.75, 3.05) is 0 Å². The van der Waals surface area contributed by atoms with Crippen molar-refractivity contribution >= 4 is 27.5 Å². The number of fused-ring (bicyclic) bond motifs is 1.